The molecule has 27 heavy (non-hydrogen) atoms. The van der Waals surface area contributed by atoms with Gasteiger partial charge in [-0.25, -0.2) is 8.42 Å². The van der Waals surface area contributed by atoms with E-state index in [2.05, 4.69) is 0 Å². The molecule has 0 spiro atoms. The monoisotopic (exact) mass is 408 g/mol. The summed E-state index contributed by atoms with van der Waals surface area (Å²) >= 11 is 6.04. The van der Waals surface area contributed by atoms with E-state index in [1.165, 1.54) is 4.31 Å². The lowest BCUT2D eigenvalue weighted by Gasteiger charge is -2.20. The Morgan fingerprint density at radius 2 is 1.93 bits per heavy atom. The maximum Gasteiger partial charge on any atom is 0.253 e. The molecule has 0 bridgehead atoms. The molecule has 0 atom stereocenters. The van der Waals surface area contributed by atoms with Crippen molar-refractivity contribution in [3.63, 3.8) is 0 Å². The Bertz CT molecular complexity index is 945. The van der Waals surface area contributed by atoms with Gasteiger partial charge in [0.25, 0.3) is 5.91 Å². The van der Waals surface area contributed by atoms with Crippen molar-refractivity contribution in [3.05, 3.63) is 58.6 Å². The van der Waals surface area contributed by atoms with E-state index in [1.807, 2.05) is 0 Å². The van der Waals surface area contributed by atoms with Gasteiger partial charge in [0.2, 0.25) is 10.0 Å². The van der Waals surface area contributed by atoms with Gasteiger partial charge in [-0.2, -0.15) is 0 Å². The number of hydrogen-bond acceptors (Lipinski definition) is 4. The molecule has 0 radical (unpaired) electrons. The number of amides is 1. The molecule has 1 aliphatic rings. The average molecular weight is 409 g/mol. The highest BCUT2D eigenvalue weighted by Crippen LogP contribution is 2.26. The number of carbonyl (C=O) groups is 1. The summed E-state index contributed by atoms with van der Waals surface area (Å²) in [6, 6.07) is 11.9. The molecule has 1 amide bonds. The second kappa shape index (κ2) is 7.78. The number of anilines is 1. The first-order chi connectivity index (χ1) is 12.8. The number of rotatable bonds is 5. The van der Waals surface area contributed by atoms with Gasteiger partial charge in [-0.3, -0.25) is 9.10 Å². The van der Waals surface area contributed by atoms with Gasteiger partial charge in [-0.15, -0.1) is 0 Å². The number of ether oxygens (including phenoxy) is 1. The normalized spacial score (nSPS) is 15.6. The van der Waals surface area contributed by atoms with Gasteiger partial charge < -0.3 is 9.64 Å². The number of methoxy groups -OCH3 is 1. The van der Waals surface area contributed by atoms with E-state index in [4.69, 9.17) is 16.3 Å². The first-order valence-electron chi connectivity index (χ1n) is 8.50. The van der Waals surface area contributed by atoms with Crippen molar-refractivity contribution < 1.29 is 17.9 Å². The second-order valence-corrected chi connectivity index (χ2v) is 8.86. The molecule has 0 aliphatic carbocycles. The Balaban J connectivity index is 1.75. The zero-order chi connectivity index (χ0) is 19.6. The van der Waals surface area contributed by atoms with Crippen molar-refractivity contribution in [2.75, 3.05) is 30.8 Å². The molecule has 1 saturated heterocycles. The summed E-state index contributed by atoms with van der Waals surface area (Å²) in [5.74, 6) is 0.652. The average Bonchev–Trinajstić information content (AvgIpc) is 3.00. The van der Waals surface area contributed by atoms with Crippen LogP contribution < -0.4 is 9.04 Å². The molecule has 8 heteroatoms. The molecule has 2 aromatic rings. The van der Waals surface area contributed by atoms with Gasteiger partial charge in [0.15, 0.2) is 0 Å². The Morgan fingerprint density at radius 1 is 1.22 bits per heavy atom. The molecular formula is C19H21ClN2O4S. The first-order valence-corrected chi connectivity index (χ1v) is 10.5. The van der Waals surface area contributed by atoms with Crippen LogP contribution in [0, 0.1) is 0 Å². The zero-order valence-corrected chi connectivity index (χ0v) is 16.8. The standard InChI is InChI=1S/C19H21ClN2O4S/c1-21(13-15-12-16(20)6-9-18(15)26-2)19(23)14-4-7-17(8-5-14)22-10-3-11-27(22,24)25/h4-9,12H,3,10-11,13H2,1-2H3. The maximum atomic E-state index is 12.7. The molecular weight excluding hydrogens is 388 g/mol. The van der Waals surface area contributed by atoms with Crippen molar-refractivity contribution >= 4 is 33.2 Å². The van der Waals surface area contributed by atoms with Gasteiger partial charge in [0.05, 0.1) is 18.6 Å². The predicted molar refractivity (Wildman–Crippen MR) is 106 cm³/mol. The van der Waals surface area contributed by atoms with Gasteiger partial charge in [-0.05, 0) is 48.9 Å². The van der Waals surface area contributed by atoms with Gasteiger partial charge >= 0.3 is 0 Å². The number of sulfonamides is 1. The summed E-state index contributed by atoms with van der Waals surface area (Å²) in [5, 5.41) is 0.572. The molecule has 1 heterocycles. The molecule has 6 nitrogen and oxygen atoms in total. The van der Waals surface area contributed by atoms with Crippen LogP contribution in [0.3, 0.4) is 0 Å². The Hall–Kier alpha value is -2.25. The number of benzene rings is 2. The Kier molecular flexibility index (Phi) is 5.62. The van der Waals surface area contributed by atoms with Crippen molar-refractivity contribution in [2.24, 2.45) is 0 Å². The minimum atomic E-state index is -3.23. The minimum Gasteiger partial charge on any atom is -0.496 e. The lowest BCUT2D eigenvalue weighted by molar-refractivity contribution is 0.0784. The Morgan fingerprint density at radius 3 is 2.52 bits per heavy atom. The molecule has 0 unspecified atom stereocenters. The highest BCUT2D eigenvalue weighted by Gasteiger charge is 2.28. The summed E-state index contributed by atoms with van der Waals surface area (Å²) in [5.41, 5.74) is 1.88. The van der Waals surface area contributed by atoms with Crippen LogP contribution in [0.2, 0.25) is 5.02 Å². The third kappa shape index (κ3) is 4.20. The fraction of sp³-hybridized carbons (Fsp3) is 0.316. The lowest BCUT2D eigenvalue weighted by atomic mass is 10.1. The van der Waals surface area contributed by atoms with Gasteiger partial charge in [-0.1, -0.05) is 11.6 Å². The number of nitrogens with zero attached hydrogens (tertiary/aromatic N) is 2. The lowest BCUT2D eigenvalue weighted by Crippen LogP contribution is -2.27. The van der Waals surface area contributed by atoms with E-state index in [0.717, 1.165) is 5.56 Å². The van der Waals surface area contributed by atoms with Crippen LogP contribution in [-0.2, 0) is 16.6 Å². The SMILES string of the molecule is COc1ccc(Cl)cc1CN(C)C(=O)c1ccc(N2CCCS2(=O)=O)cc1. The number of hydrogen-bond donors (Lipinski definition) is 0. The third-order valence-corrected chi connectivity index (χ3v) is 6.60. The summed E-state index contributed by atoms with van der Waals surface area (Å²) in [6.07, 6.45) is 0.618. The first kappa shape index (κ1) is 19.5. The van der Waals surface area contributed by atoms with Crippen LogP contribution in [0.1, 0.15) is 22.3 Å². The van der Waals surface area contributed by atoms with Gasteiger partial charge in [0.1, 0.15) is 5.75 Å². The van der Waals surface area contributed by atoms with Crippen molar-refractivity contribution in [1.29, 1.82) is 0 Å². The molecule has 144 valence electrons. The summed E-state index contributed by atoms with van der Waals surface area (Å²) in [4.78, 5) is 14.3. The highest BCUT2D eigenvalue weighted by atomic mass is 35.5. The van der Waals surface area contributed by atoms with Crippen LogP contribution >= 0.6 is 11.6 Å². The van der Waals surface area contributed by atoms with E-state index in [-0.39, 0.29) is 11.7 Å². The maximum absolute atomic E-state index is 12.7. The van der Waals surface area contributed by atoms with E-state index in [0.29, 0.717) is 41.5 Å². The molecule has 1 aliphatic heterocycles. The summed E-state index contributed by atoms with van der Waals surface area (Å²) in [7, 11) is 0.0346. The zero-order valence-electron chi connectivity index (χ0n) is 15.2. The smallest absolute Gasteiger partial charge is 0.253 e. The van der Waals surface area contributed by atoms with Crippen molar-refractivity contribution in [2.45, 2.75) is 13.0 Å². The van der Waals surface area contributed by atoms with E-state index in [9.17, 15) is 13.2 Å². The van der Waals surface area contributed by atoms with Crippen LogP contribution in [-0.4, -0.2) is 45.7 Å². The van der Waals surface area contributed by atoms with Crippen LogP contribution in [0.25, 0.3) is 0 Å². The van der Waals surface area contributed by atoms with E-state index in [1.54, 1.807) is 61.5 Å². The largest absolute Gasteiger partial charge is 0.496 e. The minimum absolute atomic E-state index is 0.165. The molecule has 0 saturated carbocycles. The highest BCUT2D eigenvalue weighted by molar-refractivity contribution is 7.93. The Labute approximate surface area is 164 Å². The van der Waals surface area contributed by atoms with E-state index < -0.39 is 10.0 Å². The van der Waals surface area contributed by atoms with Crippen LogP contribution in [0.15, 0.2) is 42.5 Å². The summed E-state index contributed by atoms with van der Waals surface area (Å²) in [6.45, 7) is 0.814. The third-order valence-electron chi connectivity index (χ3n) is 4.50. The summed E-state index contributed by atoms with van der Waals surface area (Å²) < 4.78 is 30.7. The fourth-order valence-electron chi connectivity index (χ4n) is 3.12. The topological polar surface area (TPSA) is 66.9 Å². The van der Waals surface area contributed by atoms with E-state index >= 15 is 0 Å². The molecule has 1 fully saturated rings. The number of carbonyl (C=O) groups excluding carboxylic acids is 1. The molecule has 0 N–H and O–H groups in total. The van der Waals surface area contributed by atoms with Crippen molar-refractivity contribution in [3.8, 4) is 5.75 Å². The molecule has 3 rings (SSSR count). The number of halogens is 1. The van der Waals surface area contributed by atoms with Crippen LogP contribution in [0.4, 0.5) is 5.69 Å². The quantitative estimate of drug-likeness (QED) is 0.762. The fourth-order valence-corrected chi connectivity index (χ4v) is 4.88. The van der Waals surface area contributed by atoms with Gasteiger partial charge in [0, 0.05) is 36.3 Å². The van der Waals surface area contributed by atoms with Crippen LogP contribution in [0.5, 0.6) is 5.75 Å². The predicted octanol–water partition coefficient (Wildman–Crippen LogP) is 3.16. The molecule has 2 aromatic carbocycles. The van der Waals surface area contributed by atoms with Crippen molar-refractivity contribution in [1.82, 2.24) is 4.90 Å². The molecule has 0 aromatic heterocycles. The second-order valence-electron chi connectivity index (χ2n) is 6.41.